The van der Waals surface area contributed by atoms with Crippen LogP contribution in [0.25, 0.3) is 22.0 Å². The van der Waals surface area contributed by atoms with Gasteiger partial charge in [-0.1, -0.05) is 12.1 Å². The minimum Gasteiger partial charge on any atom is -0.444 e. The van der Waals surface area contributed by atoms with Gasteiger partial charge >= 0.3 is 6.09 Å². The van der Waals surface area contributed by atoms with E-state index in [-0.39, 0.29) is 23.8 Å². The Morgan fingerprint density at radius 3 is 2.52 bits per heavy atom. The van der Waals surface area contributed by atoms with Gasteiger partial charge in [0.15, 0.2) is 0 Å². The second kappa shape index (κ2) is 8.42. The number of amides is 1. The molecule has 1 fully saturated rings. The van der Waals surface area contributed by atoms with Gasteiger partial charge in [-0.2, -0.15) is 4.31 Å². The van der Waals surface area contributed by atoms with Crippen LogP contribution in [-0.2, 0) is 14.8 Å². The number of H-pyrrole nitrogens is 1. The van der Waals surface area contributed by atoms with E-state index in [1.807, 2.05) is 0 Å². The van der Waals surface area contributed by atoms with Crippen LogP contribution in [0.1, 0.15) is 20.8 Å². The van der Waals surface area contributed by atoms with E-state index in [0.29, 0.717) is 5.52 Å². The number of fused-ring (bicyclic) bond motifs is 1. The number of sulfonamides is 1. The number of aromatic amines is 1. The van der Waals surface area contributed by atoms with Crippen LogP contribution in [0.5, 0.6) is 0 Å². The molecular weight excluding hydrogens is 452 g/mol. The second-order valence-corrected chi connectivity index (χ2v) is 10.9. The fourth-order valence-electron chi connectivity index (χ4n) is 3.81. The van der Waals surface area contributed by atoms with Gasteiger partial charge in [-0.25, -0.2) is 22.0 Å². The maximum atomic E-state index is 14.5. The van der Waals surface area contributed by atoms with Gasteiger partial charge in [0.2, 0.25) is 10.0 Å². The van der Waals surface area contributed by atoms with E-state index in [2.05, 4.69) is 10.3 Å². The molecule has 0 bridgehead atoms. The number of alkyl carbamates (subject to hydrolysis) is 1. The summed E-state index contributed by atoms with van der Waals surface area (Å²) in [6.45, 7) is 4.49. The molecular formula is C23H25F2N3O4S. The number of nitrogens with one attached hydrogen (secondary N) is 2. The first kappa shape index (κ1) is 23.2. The van der Waals surface area contributed by atoms with E-state index >= 15 is 0 Å². The molecule has 1 saturated heterocycles. The van der Waals surface area contributed by atoms with Crippen LogP contribution in [0.15, 0.2) is 53.6 Å². The number of hydrogen-bond donors (Lipinski definition) is 2. The van der Waals surface area contributed by atoms with E-state index in [4.69, 9.17) is 4.74 Å². The van der Waals surface area contributed by atoms with Crippen molar-refractivity contribution in [3.05, 3.63) is 54.5 Å². The lowest BCUT2D eigenvalue weighted by molar-refractivity contribution is 0.0489. The SMILES string of the molecule is CC(C)(C)OC(=O)N[C@@H]1CN(S(=O)(=O)c2ccc(-c3c[nH]c4cc(F)ccc34)cc2)C[C@@H]1F. The molecule has 2 aromatic carbocycles. The Bertz CT molecular complexity index is 1280. The molecule has 0 unspecified atom stereocenters. The standard InChI is InChI=1S/C23H25F2N3O4S/c1-23(2,3)32-22(29)27-21-13-28(12-19(21)25)33(30,31)16-7-4-14(5-8-16)18-11-26-20-10-15(24)6-9-17(18)20/h4-11,19,21,26H,12-13H2,1-3H3,(H,27,29)/t19-,21+/m0/s1. The Morgan fingerprint density at radius 2 is 1.85 bits per heavy atom. The van der Waals surface area contributed by atoms with Gasteiger partial charge in [0.05, 0.1) is 10.9 Å². The van der Waals surface area contributed by atoms with Crippen LogP contribution in [-0.4, -0.2) is 54.7 Å². The van der Waals surface area contributed by atoms with Gasteiger partial charge < -0.3 is 15.0 Å². The molecule has 0 radical (unpaired) electrons. The number of alkyl halides is 1. The highest BCUT2D eigenvalue weighted by Crippen LogP contribution is 2.31. The number of aromatic nitrogens is 1. The molecule has 2 atom stereocenters. The highest BCUT2D eigenvalue weighted by molar-refractivity contribution is 7.89. The third kappa shape index (κ3) is 4.86. The van der Waals surface area contributed by atoms with Crippen LogP contribution >= 0.6 is 0 Å². The first-order chi connectivity index (χ1) is 15.4. The van der Waals surface area contributed by atoms with E-state index in [1.165, 1.54) is 24.3 Å². The van der Waals surface area contributed by atoms with Crippen molar-refractivity contribution in [1.82, 2.24) is 14.6 Å². The van der Waals surface area contributed by atoms with Crippen LogP contribution in [0.4, 0.5) is 13.6 Å². The minimum absolute atomic E-state index is 0.0160. The maximum absolute atomic E-state index is 14.5. The van der Waals surface area contributed by atoms with Gasteiger partial charge in [0, 0.05) is 35.8 Å². The molecule has 0 spiro atoms. The zero-order valence-corrected chi connectivity index (χ0v) is 19.2. The number of carbonyl (C=O) groups is 1. The Hall–Kier alpha value is -2.98. The molecule has 0 aliphatic carbocycles. The second-order valence-electron chi connectivity index (χ2n) is 9.01. The highest BCUT2D eigenvalue weighted by atomic mass is 32.2. The summed E-state index contributed by atoms with van der Waals surface area (Å²) in [5, 5.41) is 3.22. The number of carbonyl (C=O) groups excluding carboxylic acids is 1. The quantitative estimate of drug-likeness (QED) is 0.589. The van der Waals surface area contributed by atoms with Gasteiger partial charge in [-0.3, -0.25) is 0 Å². The van der Waals surface area contributed by atoms with E-state index in [1.54, 1.807) is 45.2 Å². The fourth-order valence-corrected chi connectivity index (χ4v) is 5.29. The molecule has 1 amide bonds. The molecule has 0 saturated carbocycles. The predicted molar refractivity (Wildman–Crippen MR) is 121 cm³/mol. The smallest absolute Gasteiger partial charge is 0.408 e. The molecule has 2 N–H and O–H groups in total. The molecule has 2 heterocycles. The molecule has 7 nitrogen and oxygen atoms in total. The normalized spacial score (nSPS) is 19.7. The molecule has 1 aliphatic heterocycles. The van der Waals surface area contributed by atoms with Crippen molar-refractivity contribution in [3.63, 3.8) is 0 Å². The molecule has 4 rings (SSSR count). The van der Waals surface area contributed by atoms with Crippen LogP contribution in [0, 0.1) is 5.82 Å². The summed E-state index contributed by atoms with van der Waals surface area (Å²) in [5.41, 5.74) is 1.44. The number of ether oxygens (including phenoxy) is 1. The van der Waals surface area contributed by atoms with Crippen molar-refractivity contribution in [2.45, 2.75) is 43.5 Å². The molecule has 10 heteroatoms. The number of halogens is 2. The summed E-state index contributed by atoms with van der Waals surface area (Å²) in [6.07, 6.45) is -0.620. The summed E-state index contributed by atoms with van der Waals surface area (Å²) in [5.74, 6) is -0.353. The largest absolute Gasteiger partial charge is 0.444 e. The van der Waals surface area contributed by atoms with Gasteiger partial charge in [-0.15, -0.1) is 0 Å². The van der Waals surface area contributed by atoms with Crippen LogP contribution < -0.4 is 5.32 Å². The van der Waals surface area contributed by atoms with Crippen molar-refractivity contribution in [2.75, 3.05) is 13.1 Å². The lowest BCUT2D eigenvalue weighted by Gasteiger charge is -2.22. The lowest BCUT2D eigenvalue weighted by atomic mass is 10.1. The highest BCUT2D eigenvalue weighted by Gasteiger charge is 2.41. The van der Waals surface area contributed by atoms with Gasteiger partial charge in [0.1, 0.15) is 17.6 Å². The first-order valence-electron chi connectivity index (χ1n) is 10.4. The Morgan fingerprint density at radius 1 is 1.15 bits per heavy atom. The summed E-state index contributed by atoms with van der Waals surface area (Å²) >= 11 is 0. The molecule has 3 aromatic rings. The maximum Gasteiger partial charge on any atom is 0.408 e. The van der Waals surface area contributed by atoms with Crippen molar-refractivity contribution in [2.24, 2.45) is 0 Å². The third-order valence-electron chi connectivity index (χ3n) is 5.36. The molecule has 1 aromatic heterocycles. The summed E-state index contributed by atoms with van der Waals surface area (Å²) in [4.78, 5) is 15.0. The Balaban J connectivity index is 1.50. The van der Waals surface area contributed by atoms with E-state index in [9.17, 15) is 22.0 Å². The van der Waals surface area contributed by atoms with Gasteiger partial charge in [-0.05, 0) is 56.7 Å². The van der Waals surface area contributed by atoms with E-state index < -0.39 is 33.9 Å². The van der Waals surface area contributed by atoms with E-state index in [0.717, 1.165) is 20.8 Å². The summed E-state index contributed by atoms with van der Waals surface area (Å²) in [7, 11) is -3.97. The third-order valence-corrected chi connectivity index (χ3v) is 7.21. The molecule has 1 aliphatic rings. The number of rotatable bonds is 4. The Kier molecular flexibility index (Phi) is 5.92. The molecule has 33 heavy (non-hydrogen) atoms. The lowest BCUT2D eigenvalue weighted by Crippen LogP contribution is -2.44. The van der Waals surface area contributed by atoms with Crippen molar-refractivity contribution in [3.8, 4) is 11.1 Å². The first-order valence-corrected chi connectivity index (χ1v) is 11.9. The zero-order chi connectivity index (χ0) is 24.0. The average Bonchev–Trinajstić information content (AvgIpc) is 3.30. The topological polar surface area (TPSA) is 91.5 Å². The number of benzene rings is 2. The van der Waals surface area contributed by atoms with Crippen molar-refractivity contribution < 1.29 is 26.7 Å². The number of hydrogen-bond acceptors (Lipinski definition) is 4. The fraction of sp³-hybridized carbons (Fsp3) is 0.348. The van der Waals surface area contributed by atoms with Crippen LogP contribution in [0.2, 0.25) is 0 Å². The monoisotopic (exact) mass is 477 g/mol. The predicted octanol–water partition coefficient (Wildman–Crippen LogP) is 4.21. The Labute approximate surface area is 190 Å². The van der Waals surface area contributed by atoms with Crippen molar-refractivity contribution >= 4 is 27.0 Å². The number of nitrogens with zero attached hydrogens (tertiary/aromatic N) is 1. The van der Waals surface area contributed by atoms with Crippen molar-refractivity contribution in [1.29, 1.82) is 0 Å². The minimum atomic E-state index is -3.97. The summed E-state index contributed by atoms with van der Waals surface area (Å²) in [6, 6.07) is 9.62. The van der Waals surface area contributed by atoms with Gasteiger partial charge in [0.25, 0.3) is 0 Å². The summed E-state index contributed by atoms with van der Waals surface area (Å²) < 4.78 is 60.2. The van der Waals surface area contributed by atoms with Crippen LogP contribution in [0.3, 0.4) is 0 Å². The molecule has 176 valence electrons. The zero-order valence-electron chi connectivity index (χ0n) is 18.4. The average molecular weight is 478 g/mol.